The summed E-state index contributed by atoms with van der Waals surface area (Å²) in [6.07, 6.45) is 3.58. The molecule has 0 saturated carbocycles. The van der Waals surface area contributed by atoms with Crippen LogP contribution in [0.25, 0.3) is 5.69 Å². The van der Waals surface area contributed by atoms with Crippen molar-refractivity contribution in [3.05, 3.63) is 108 Å². The second kappa shape index (κ2) is 9.93. The summed E-state index contributed by atoms with van der Waals surface area (Å²) in [4.78, 5) is 17.4. The van der Waals surface area contributed by atoms with Gasteiger partial charge in [0.25, 0.3) is 10.0 Å². The van der Waals surface area contributed by atoms with Gasteiger partial charge < -0.3 is 9.88 Å². The van der Waals surface area contributed by atoms with E-state index in [-0.39, 0.29) is 18.0 Å². The number of sulfonamides is 1. The average molecular weight is 475 g/mol. The van der Waals surface area contributed by atoms with Crippen molar-refractivity contribution in [2.75, 3.05) is 10.8 Å². The Labute approximate surface area is 199 Å². The van der Waals surface area contributed by atoms with Gasteiger partial charge in [0, 0.05) is 18.9 Å². The zero-order valence-electron chi connectivity index (χ0n) is 19.0. The van der Waals surface area contributed by atoms with Crippen LogP contribution in [0.1, 0.15) is 17.0 Å². The number of nitrogens with zero attached hydrogens (tertiary/aromatic N) is 3. The molecule has 1 heterocycles. The maximum atomic E-state index is 13.5. The SMILES string of the molecule is Cc1ccccc1N(CC(=O)NCc1ccccc1-n1ccnc1C)S(=O)(=O)c1ccccc1. The van der Waals surface area contributed by atoms with E-state index in [0.29, 0.717) is 5.69 Å². The minimum Gasteiger partial charge on any atom is -0.350 e. The molecule has 4 rings (SSSR count). The summed E-state index contributed by atoms with van der Waals surface area (Å²) >= 11 is 0. The third-order valence-electron chi connectivity index (χ3n) is 5.56. The fraction of sp³-hybridized carbons (Fsp3) is 0.154. The van der Waals surface area contributed by atoms with Crippen LogP contribution in [0.2, 0.25) is 0 Å². The Morgan fingerprint density at radius 3 is 2.32 bits per heavy atom. The molecule has 0 aliphatic rings. The highest BCUT2D eigenvalue weighted by Crippen LogP contribution is 2.26. The summed E-state index contributed by atoms with van der Waals surface area (Å²) in [7, 11) is -3.94. The predicted octanol–water partition coefficient (Wildman–Crippen LogP) is 4.00. The topological polar surface area (TPSA) is 84.3 Å². The molecule has 0 atom stereocenters. The Bertz CT molecular complexity index is 1400. The minimum absolute atomic E-state index is 0.131. The molecule has 0 spiro atoms. The maximum Gasteiger partial charge on any atom is 0.264 e. The number of aryl methyl sites for hydroxylation is 2. The third kappa shape index (κ3) is 4.87. The van der Waals surface area contributed by atoms with Crippen molar-refractivity contribution in [1.82, 2.24) is 14.9 Å². The Morgan fingerprint density at radius 1 is 0.941 bits per heavy atom. The number of benzene rings is 3. The smallest absolute Gasteiger partial charge is 0.264 e. The van der Waals surface area contributed by atoms with Gasteiger partial charge >= 0.3 is 0 Å². The molecule has 0 aliphatic heterocycles. The molecule has 1 N–H and O–H groups in total. The van der Waals surface area contributed by atoms with Crippen molar-refractivity contribution >= 4 is 21.6 Å². The van der Waals surface area contributed by atoms with E-state index in [2.05, 4.69) is 10.3 Å². The normalized spacial score (nSPS) is 11.2. The number of rotatable bonds is 8. The van der Waals surface area contributed by atoms with Gasteiger partial charge in [0.2, 0.25) is 5.91 Å². The molecular weight excluding hydrogens is 448 g/mol. The van der Waals surface area contributed by atoms with Crippen LogP contribution >= 0.6 is 0 Å². The molecule has 0 aliphatic carbocycles. The first-order chi connectivity index (χ1) is 16.4. The molecule has 8 heteroatoms. The van der Waals surface area contributed by atoms with E-state index in [9.17, 15) is 13.2 Å². The third-order valence-corrected chi connectivity index (χ3v) is 7.33. The van der Waals surface area contributed by atoms with E-state index in [4.69, 9.17) is 0 Å². The molecule has 0 fully saturated rings. The summed E-state index contributed by atoms with van der Waals surface area (Å²) in [5.74, 6) is 0.429. The van der Waals surface area contributed by atoms with Crippen LogP contribution in [-0.4, -0.2) is 30.4 Å². The summed E-state index contributed by atoms with van der Waals surface area (Å²) in [6.45, 7) is 3.64. The lowest BCUT2D eigenvalue weighted by atomic mass is 10.1. The lowest BCUT2D eigenvalue weighted by molar-refractivity contribution is -0.119. The Kier molecular flexibility index (Phi) is 6.79. The van der Waals surface area contributed by atoms with Crippen molar-refractivity contribution in [3.63, 3.8) is 0 Å². The van der Waals surface area contributed by atoms with Gasteiger partial charge in [-0.25, -0.2) is 13.4 Å². The Hall–Kier alpha value is -3.91. The molecule has 0 radical (unpaired) electrons. The standard InChI is InChI=1S/C26H26N4O3S/c1-20-10-6-8-14-24(20)30(34(32,33)23-12-4-3-5-13-23)19-26(31)28-18-22-11-7-9-15-25(22)29-17-16-27-21(29)2/h3-17H,18-19H2,1-2H3,(H,28,31). The summed E-state index contributed by atoms with van der Waals surface area (Å²) in [6, 6.07) is 23.0. The molecule has 4 aromatic rings. The van der Waals surface area contributed by atoms with E-state index in [1.165, 1.54) is 16.4 Å². The molecule has 1 aromatic heterocycles. The van der Waals surface area contributed by atoms with Crippen LogP contribution in [0.3, 0.4) is 0 Å². The highest BCUT2D eigenvalue weighted by Gasteiger charge is 2.28. The molecule has 0 unspecified atom stereocenters. The Balaban J connectivity index is 1.59. The minimum atomic E-state index is -3.94. The molecule has 3 aromatic carbocycles. The van der Waals surface area contributed by atoms with Crippen LogP contribution in [0.5, 0.6) is 0 Å². The van der Waals surface area contributed by atoms with Crippen molar-refractivity contribution in [1.29, 1.82) is 0 Å². The van der Waals surface area contributed by atoms with Gasteiger partial charge in [-0.05, 0) is 49.2 Å². The first-order valence-corrected chi connectivity index (χ1v) is 12.3. The van der Waals surface area contributed by atoms with Gasteiger partial charge in [0.1, 0.15) is 12.4 Å². The summed E-state index contributed by atoms with van der Waals surface area (Å²) < 4.78 is 30.1. The number of carbonyl (C=O) groups is 1. The van der Waals surface area contributed by atoms with Crippen molar-refractivity contribution in [2.24, 2.45) is 0 Å². The lowest BCUT2D eigenvalue weighted by Crippen LogP contribution is -2.41. The second-order valence-electron chi connectivity index (χ2n) is 7.86. The van der Waals surface area contributed by atoms with E-state index in [1.54, 1.807) is 36.5 Å². The maximum absolute atomic E-state index is 13.5. The van der Waals surface area contributed by atoms with E-state index in [1.807, 2.05) is 61.0 Å². The highest BCUT2D eigenvalue weighted by molar-refractivity contribution is 7.92. The average Bonchev–Trinajstić information content (AvgIpc) is 3.28. The molecule has 1 amide bonds. The number of carbonyl (C=O) groups excluding carboxylic acids is 1. The van der Waals surface area contributed by atoms with Crippen LogP contribution in [0.4, 0.5) is 5.69 Å². The van der Waals surface area contributed by atoms with Gasteiger partial charge in [0.15, 0.2) is 0 Å². The van der Waals surface area contributed by atoms with Gasteiger partial charge in [-0.15, -0.1) is 0 Å². The molecule has 34 heavy (non-hydrogen) atoms. The van der Waals surface area contributed by atoms with Gasteiger partial charge in [-0.2, -0.15) is 0 Å². The van der Waals surface area contributed by atoms with Gasteiger partial charge in [0.05, 0.1) is 16.3 Å². The fourth-order valence-electron chi connectivity index (χ4n) is 3.77. The Morgan fingerprint density at radius 2 is 1.62 bits per heavy atom. The first kappa shape index (κ1) is 23.3. The molecule has 174 valence electrons. The van der Waals surface area contributed by atoms with Crippen LogP contribution in [0, 0.1) is 13.8 Å². The van der Waals surface area contributed by atoms with E-state index in [0.717, 1.165) is 22.6 Å². The van der Waals surface area contributed by atoms with E-state index < -0.39 is 15.9 Å². The van der Waals surface area contributed by atoms with Crippen molar-refractivity contribution in [2.45, 2.75) is 25.3 Å². The van der Waals surface area contributed by atoms with Crippen LogP contribution in [0.15, 0.2) is 96.2 Å². The van der Waals surface area contributed by atoms with Crippen LogP contribution in [-0.2, 0) is 21.4 Å². The molecule has 0 bridgehead atoms. The van der Waals surface area contributed by atoms with Crippen molar-refractivity contribution < 1.29 is 13.2 Å². The largest absolute Gasteiger partial charge is 0.350 e. The zero-order chi connectivity index (χ0) is 24.1. The number of hydrogen-bond acceptors (Lipinski definition) is 4. The van der Waals surface area contributed by atoms with Gasteiger partial charge in [-0.3, -0.25) is 9.10 Å². The fourth-order valence-corrected chi connectivity index (χ4v) is 5.28. The predicted molar refractivity (Wildman–Crippen MR) is 132 cm³/mol. The number of aromatic nitrogens is 2. The second-order valence-corrected chi connectivity index (χ2v) is 9.72. The first-order valence-electron chi connectivity index (χ1n) is 10.9. The lowest BCUT2D eigenvalue weighted by Gasteiger charge is -2.25. The number of hydrogen-bond donors (Lipinski definition) is 1. The zero-order valence-corrected chi connectivity index (χ0v) is 19.9. The number of anilines is 1. The summed E-state index contributed by atoms with van der Waals surface area (Å²) in [5, 5.41) is 2.89. The monoisotopic (exact) mass is 474 g/mol. The van der Waals surface area contributed by atoms with Crippen molar-refractivity contribution in [3.8, 4) is 5.69 Å². The molecule has 7 nitrogen and oxygen atoms in total. The number of amides is 1. The highest BCUT2D eigenvalue weighted by atomic mass is 32.2. The number of imidazole rings is 1. The quantitative estimate of drug-likeness (QED) is 0.418. The number of para-hydroxylation sites is 2. The summed E-state index contributed by atoms with van der Waals surface area (Å²) in [5.41, 5.74) is 3.03. The van der Waals surface area contributed by atoms with Crippen LogP contribution < -0.4 is 9.62 Å². The number of nitrogens with one attached hydrogen (secondary N) is 1. The molecular formula is C26H26N4O3S. The van der Waals surface area contributed by atoms with E-state index >= 15 is 0 Å². The molecule has 0 saturated heterocycles. The van der Waals surface area contributed by atoms with Gasteiger partial charge in [-0.1, -0.05) is 54.6 Å².